The maximum Gasteiger partial charge on any atom is 0.192 e. The van der Waals surface area contributed by atoms with Crippen molar-refractivity contribution in [3.05, 3.63) is 30.3 Å². The predicted molar refractivity (Wildman–Crippen MR) is 64.2 cm³/mol. The molecular formula is C11H19N3O. The van der Waals surface area contributed by atoms with E-state index in [-0.39, 0.29) is 0 Å². The fraction of sp³-hybridized carbons (Fsp3) is 0.364. The number of para-hydroxylation sites is 1. The molecule has 0 aromatic heterocycles. The van der Waals surface area contributed by atoms with Crippen LogP contribution >= 0.6 is 0 Å². The molecule has 0 amide bonds. The summed E-state index contributed by atoms with van der Waals surface area (Å²) >= 11 is 0. The van der Waals surface area contributed by atoms with Gasteiger partial charge in [-0.15, -0.1) is 0 Å². The van der Waals surface area contributed by atoms with Crippen LogP contribution in [-0.2, 0) is 0 Å². The van der Waals surface area contributed by atoms with E-state index in [1.54, 1.807) is 31.3 Å². The van der Waals surface area contributed by atoms with Crippen molar-refractivity contribution in [3.63, 3.8) is 0 Å². The van der Waals surface area contributed by atoms with Crippen LogP contribution in [0.2, 0.25) is 0 Å². The Hall–Kier alpha value is -1.71. The second kappa shape index (κ2) is 7.67. The topological polar surface area (TPSA) is 47.9 Å². The van der Waals surface area contributed by atoms with Crippen LogP contribution in [0.5, 0.6) is 5.75 Å². The highest BCUT2D eigenvalue weighted by molar-refractivity contribution is 5.78. The number of benzene rings is 1. The average Bonchev–Trinajstić information content (AvgIpc) is 2.21. The van der Waals surface area contributed by atoms with E-state index in [1.165, 1.54) is 0 Å². The molecule has 1 aromatic carbocycles. The highest BCUT2D eigenvalue weighted by Crippen LogP contribution is 2.02. The van der Waals surface area contributed by atoms with Crippen molar-refractivity contribution in [1.82, 2.24) is 10.2 Å². The van der Waals surface area contributed by atoms with E-state index >= 15 is 0 Å². The smallest absolute Gasteiger partial charge is 0.192 e. The second-order valence-corrected chi connectivity index (χ2v) is 3.03. The molecule has 0 saturated heterocycles. The molecule has 4 nitrogen and oxygen atoms in total. The van der Waals surface area contributed by atoms with Crippen LogP contribution in [0.15, 0.2) is 35.3 Å². The van der Waals surface area contributed by atoms with Crippen molar-refractivity contribution < 1.29 is 5.11 Å². The Balaban J connectivity index is 0.000000262. The lowest BCUT2D eigenvalue weighted by Gasteiger charge is -2.12. The maximum atomic E-state index is 8.63. The number of phenolic OH excluding ortho intramolecular Hbond substituents is 1. The molecule has 1 rings (SSSR count). The van der Waals surface area contributed by atoms with Crippen LogP contribution < -0.4 is 5.32 Å². The number of aliphatic imine (C=N–C) groups is 1. The van der Waals surface area contributed by atoms with Gasteiger partial charge in [-0.05, 0) is 12.1 Å². The molecule has 0 radical (unpaired) electrons. The monoisotopic (exact) mass is 209 g/mol. The highest BCUT2D eigenvalue weighted by atomic mass is 16.3. The van der Waals surface area contributed by atoms with Gasteiger partial charge in [0.2, 0.25) is 0 Å². The summed E-state index contributed by atoms with van der Waals surface area (Å²) in [4.78, 5) is 5.85. The number of aromatic hydroxyl groups is 1. The van der Waals surface area contributed by atoms with Gasteiger partial charge in [0, 0.05) is 28.2 Å². The van der Waals surface area contributed by atoms with Gasteiger partial charge in [0.15, 0.2) is 5.96 Å². The molecule has 0 aliphatic heterocycles. The summed E-state index contributed by atoms with van der Waals surface area (Å²) in [7, 11) is 7.49. The summed E-state index contributed by atoms with van der Waals surface area (Å²) in [5, 5.41) is 11.6. The van der Waals surface area contributed by atoms with E-state index in [2.05, 4.69) is 10.3 Å². The van der Waals surface area contributed by atoms with Gasteiger partial charge in [0.25, 0.3) is 0 Å². The molecular weight excluding hydrogens is 190 g/mol. The first-order valence-electron chi connectivity index (χ1n) is 4.67. The number of hydrogen-bond donors (Lipinski definition) is 2. The predicted octanol–water partition coefficient (Wildman–Crippen LogP) is 1.15. The zero-order valence-corrected chi connectivity index (χ0v) is 9.73. The lowest BCUT2D eigenvalue weighted by molar-refractivity contribution is 0.475. The zero-order valence-electron chi connectivity index (χ0n) is 9.73. The Bertz CT molecular complexity index is 283. The first kappa shape index (κ1) is 13.3. The summed E-state index contributed by atoms with van der Waals surface area (Å²) in [6.07, 6.45) is 0. The van der Waals surface area contributed by atoms with Gasteiger partial charge < -0.3 is 15.3 Å². The zero-order chi connectivity index (χ0) is 11.7. The molecule has 0 fully saturated rings. The fourth-order valence-corrected chi connectivity index (χ4v) is 0.963. The molecule has 15 heavy (non-hydrogen) atoms. The first-order chi connectivity index (χ1) is 7.11. The van der Waals surface area contributed by atoms with Crippen molar-refractivity contribution >= 4 is 5.96 Å². The fourth-order valence-electron chi connectivity index (χ4n) is 0.963. The number of nitrogens with one attached hydrogen (secondary N) is 1. The molecule has 0 spiro atoms. The quantitative estimate of drug-likeness (QED) is 0.497. The standard InChI is InChI=1S/C6H6O.C5H13N3/c7-6-4-2-1-3-5-6;1-6-5(7-2)8(3)4/h1-5,7H;1-4H3,(H,6,7). The maximum absolute atomic E-state index is 8.63. The molecule has 0 saturated carbocycles. The molecule has 0 atom stereocenters. The van der Waals surface area contributed by atoms with Gasteiger partial charge in [0.1, 0.15) is 5.75 Å². The van der Waals surface area contributed by atoms with Crippen molar-refractivity contribution in [2.45, 2.75) is 0 Å². The molecule has 2 N–H and O–H groups in total. The van der Waals surface area contributed by atoms with E-state index in [0.717, 1.165) is 5.96 Å². The summed E-state index contributed by atoms with van der Waals surface area (Å²) in [6, 6.07) is 8.71. The number of rotatable bonds is 0. The number of phenols is 1. The van der Waals surface area contributed by atoms with Gasteiger partial charge in [-0.2, -0.15) is 0 Å². The molecule has 1 aromatic rings. The average molecular weight is 209 g/mol. The third-order valence-corrected chi connectivity index (χ3v) is 1.62. The Kier molecular flexibility index (Phi) is 6.80. The van der Waals surface area contributed by atoms with Crippen LogP contribution in [0.3, 0.4) is 0 Å². The number of guanidine groups is 1. The van der Waals surface area contributed by atoms with E-state index in [1.807, 2.05) is 32.1 Å². The normalized spacial score (nSPS) is 10.0. The number of nitrogens with zero attached hydrogens (tertiary/aromatic N) is 2. The minimum absolute atomic E-state index is 0.322. The van der Waals surface area contributed by atoms with Crippen LogP contribution in [0.4, 0.5) is 0 Å². The summed E-state index contributed by atoms with van der Waals surface area (Å²) < 4.78 is 0. The molecule has 4 heteroatoms. The molecule has 0 bridgehead atoms. The van der Waals surface area contributed by atoms with Crippen molar-refractivity contribution in [3.8, 4) is 5.75 Å². The van der Waals surface area contributed by atoms with Gasteiger partial charge in [-0.25, -0.2) is 0 Å². The Labute approximate surface area is 91.3 Å². The molecule has 0 aliphatic rings. The Morgan fingerprint density at radius 3 is 1.93 bits per heavy atom. The van der Waals surface area contributed by atoms with Crippen LogP contribution in [0.25, 0.3) is 0 Å². The van der Waals surface area contributed by atoms with Gasteiger partial charge in [0.05, 0.1) is 0 Å². The number of hydrogen-bond acceptors (Lipinski definition) is 2. The van der Waals surface area contributed by atoms with E-state index < -0.39 is 0 Å². The van der Waals surface area contributed by atoms with Crippen LogP contribution in [-0.4, -0.2) is 44.2 Å². The summed E-state index contributed by atoms with van der Waals surface area (Å²) in [5.74, 6) is 1.22. The van der Waals surface area contributed by atoms with Gasteiger partial charge >= 0.3 is 0 Å². The third-order valence-electron chi connectivity index (χ3n) is 1.62. The molecule has 84 valence electrons. The summed E-state index contributed by atoms with van der Waals surface area (Å²) in [5.41, 5.74) is 0. The molecule has 0 unspecified atom stereocenters. The van der Waals surface area contributed by atoms with Gasteiger partial charge in [-0.1, -0.05) is 18.2 Å². The van der Waals surface area contributed by atoms with Gasteiger partial charge in [-0.3, -0.25) is 4.99 Å². The molecule has 0 aliphatic carbocycles. The Morgan fingerprint density at radius 2 is 1.80 bits per heavy atom. The first-order valence-corrected chi connectivity index (χ1v) is 4.67. The van der Waals surface area contributed by atoms with E-state index in [9.17, 15) is 0 Å². The summed E-state index contributed by atoms with van der Waals surface area (Å²) in [6.45, 7) is 0. The Morgan fingerprint density at radius 1 is 1.27 bits per heavy atom. The largest absolute Gasteiger partial charge is 0.508 e. The van der Waals surface area contributed by atoms with E-state index in [0.29, 0.717) is 5.75 Å². The molecule has 0 heterocycles. The minimum Gasteiger partial charge on any atom is -0.508 e. The minimum atomic E-state index is 0.322. The van der Waals surface area contributed by atoms with E-state index in [4.69, 9.17) is 5.11 Å². The second-order valence-electron chi connectivity index (χ2n) is 3.03. The van der Waals surface area contributed by atoms with Crippen LogP contribution in [0.1, 0.15) is 0 Å². The van der Waals surface area contributed by atoms with Crippen molar-refractivity contribution in [2.75, 3.05) is 28.2 Å². The SMILES string of the molecule is CN=C(NC)N(C)C.Oc1ccccc1. The van der Waals surface area contributed by atoms with Crippen LogP contribution in [0, 0.1) is 0 Å². The van der Waals surface area contributed by atoms with Crippen molar-refractivity contribution in [1.29, 1.82) is 0 Å². The lowest BCUT2D eigenvalue weighted by Crippen LogP contribution is -2.33. The third kappa shape index (κ3) is 6.37. The highest BCUT2D eigenvalue weighted by Gasteiger charge is 1.91. The van der Waals surface area contributed by atoms with Crippen molar-refractivity contribution in [2.24, 2.45) is 4.99 Å². The lowest BCUT2D eigenvalue weighted by atomic mass is 10.3.